The molecular formula is C15H19N3O. The molecule has 0 spiro atoms. The van der Waals surface area contributed by atoms with Crippen molar-refractivity contribution in [3.05, 3.63) is 36.7 Å². The van der Waals surface area contributed by atoms with Crippen molar-refractivity contribution >= 4 is 5.82 Å². The van der Waals surface area contributed by atoms with E-state index < -0.39 is 0 Å². The van der Waals surface area contributed by atoms with Gasteiger partial charge in [-0.25, -0.2) is 9.97 Å². The summed E-state index contributed by atoms with van der Waals surface area (Å²) in [5.41, 5.74) is 2.00. The van der Waals surface area contributed by atoms with Crippen LogP contribution in [0.2, 0.25) is 0 Å². The molecule has 0 aliphatic carbocycles. The molecule has 0 aliphatic rings. The maximum atomic E-state index is 5.16. The van der Waals surface area contributed by atoms with E-state index >= 15 is 0 Å². The first-order chi connectivity index (χ1) is 9.28. The Bertz CT molecular complexity index is 521. The molecule has 0 radical (unpaired) electrons. The van der Waals surface area contributed by atoms with Gasteiger partial charge in [-0.15, -0.1) is 0 Å². The first-order valence-electron chi connectivity index (χ1n) is 6.49. The Morgan fingerprint density at radius 3 is 2.32 bits per heavy atom. The van der Waals surface area contributed by atoms with E-state index in [0.29, 0.717) is 0 Å². The highest BCUT2D eigenvalue weighted by Crippen LogP contribution is 2.22. The van der Waals surface area contributed by atoms with Crippen molar-refractivity contribution in [1.82, 2.24) is 9.97 Å². The number of anilines is 1. The molecule has 1 aromatic carbocycles. The number of ether oxygens (including phenoxy) is 1. The van der Waals surface area contributed by atoms with Crippen LogP contribution in [0.25, 0.3) is 11.3 Å². The molecular weight excluding hydrogens is 238 g/mol. The highest BCUT2D eigenvalue weighted by molar-refractivity contribution is 5.63. The summed E-state index contributed by atoms with van der Waals surface area (Å²) in [6.45, 7) is 6.13. The number of methoxy groups -OCH3 is 1. The van der Waals surface area contributed by atoms with Gasteiger partial charge >= 0.3 is 0 Å². The Balaban J connectivity index is 2.31. The van der Waals surface area contributed by atoms with Gasteiger partial charge in [-0.3, -0.25) is 0 Å². The van der Waals surface area contributed by atoms with Crippen LogP contribution in [0.4, 0.5) is 5.82 Å². The Kier molecular flexibility index (Phi) is 4.34. The lowest BCUT2D eigenvalue weighted by Crippen LogP contribution is -2.22. The van der Waals surface area contributed by atoms with Gasteiger partial charge in [0.25, 0.3) is 0 Å². The molecule has 1 heterocycles. The van der Waals surface area contributed by atoms with Crippen molar-refractivity contribution in [1.29, 1.82) is 0 Å². The zero-order chi connectivity index (χ0) is 13.7. The monoisotopic (exact) mass is 257 g/mol. The van der Waals surface area contributed by atoms with Crippen LogP contribution < -0.4 is 9.64 Å². The first kappa shape index (κ1) is 13.3. The number of nitrogens with zero attached hydrogens (tertiary/aromatic N) is 3. The third kappa shape index (κ3) is 3.02. The minimum atomic E-state index is 0.849. The number of hydrogen-bond acceptors (Lipinski definition) is 4. The lowest BCUT2D eigenvalue weighted by molar-refractivity contribution is 0.415. The Labute approximate surface area is 114 Å². The normalized spacial score (nSPS) is 10.3. The SMILES string of the molecule is CCN(CC)c1cc(-c2ccc(OC)cc2)ncn1. The van der Waals surface area contributed by atoms with Gasteiger partial charge in [0.15, 0.2) is 0 Å². The van der Waals surface area contributed by atoms with Crippen molar-refractivity contribution < 1.29 is 4.74 Å². The zero-order valence-corrected chi connectivity index (χ0v) is 11.6. The molecule has 0 atom stereocenters. The van der Waals surface area contributed by atoms with Crippen molar-refractivity contribution in [2.24, 2.45) is 0 Å². The van der Waals surface area contributed by atoms with Crippen molar-refractivity contribution in [3.8, 4) is 17.0 Å². The van der Waals surface area contributed by atoms with E-state index in [1.807, 2.05) is 30.3 Å². The molecule has 0 fully saturated rings. The summed E-state index contributed by atoms with van der Waals surface area (Å²) < 4.78 is 5.16. The van der Waals surface area contributed by atoms with Crippen molar-refractivity contribution in [2.75, 3.05) is 25.1 Å². The zero-order valence-electron chi connectivity index (χ0n) is 11.6. The molecule has 0 amide bonds. The number of aromatic nitrogens is 2. The van der Waals surface area contributed by atoms with E-state index in [1.165, 1.54) is 0 Å². The van der Waals surface area contributed by atoms with Gasteiger partial charge in [0, 0.05) is 24.7 Å². The van der Waals surface area contributed by atoms with Crippen LogP contribution in [0, 0.1) is 0 Å². The molecule has 19 heavy (non-hydrogen) atoms. The average Bonchev–Trinajstić information content (AvgIpc) is 2.49. The maximum Gasteiger partial charge on any atom is 0.132 e. The largest absolute Gasteiger partial charge is 0.497 e. The summed E-state index contributed by atoms with van der Waals surface area (Å²) in [5.74, 6) is 1.81. The topological polar surface area (TPSA) is 38.2 Å². The van der Waals surface area contributed by atoms with Crippen LogP contribution in [-0.2, 0) is 0 Å². The molecule has 4 nitrogen and oxygen atoms in total. The van der Waals surface area contributed by atoms with Crippen LogP contribution in [0.5, 0.6) is 5.75 Å². The molecule has 0 saturated carbocycles. The molecule has 0 aliphatic heterocycles. The quantitative estimate of drug-likeness (QED) is 0.825. The Morgan fingerprint density at radius 2 is 1.74 bits per heavy atom. The van der Waals surface area contributed by atoms with Gasteiger partial charge in [-0.1, -0.05) is 0 Å². The standard InChI is InChI=1S/C15H19N3O/c1-4-18(5-2)15-10-14(16-11-17-15)12-6-8-13(19-3)9-7-12/h6-11H,4-5H2,1-3H3. The lowest BCUT2D eigenvalue weighted by Gasteiger charge is -2.19. The average molecular weight is 257 g/mol. The second-order valence-electron chi connectivity index (χ2n) is 4.16. The minimum Gasteiger partial charge on any atom is -0.497 e. The molecule has 0 saturated heterocycles. The van der Waals surface area contributed by atoms with E-state index in [9.17, 15) is 0 Å². The third-order valence-electron chi connectivity index (χ3n) is 3.13. The second kappa shape index (κ2) is 6.18. The Morgan fingerprint density at radius 1 is 1.05 bits per heavy atom. The molecule has 2 rings (SSSR count). The van der Waals surface area contributed by atoms with Crippen molar-refractivity contribution in [3.63, 3.8) is 0 Å². The van der Waals surface area contributed by atoms with Gasteiger partial charge in [0.05, 0.1) is 12.8 Å². The molecule has 4 heteroatoms. The van der Waals surface area contributed by atoms with Gasteiger partial charge in [-0.05, 0) is 38.1 Å². The highest BCUT2D eigenvalue weighted by Gasteiger charge is 2.06. The fourth-order valence-corrected chi connectivity index (χ4v) is 1.99. The fraction of sp³-hybridized carbons (Fsp3) is 0.333. The van der Waals surface area contributed by atoms with Crippen LogP contribution >= 0.6 is 0 Å². The summed E-state index contributed by atoms with van der Waals surface area (Å²) in [7, 11) is 1.66. The summed E-state index contributed by atoms with van der Waals surface area (Å²) in [4.78, 5) is 10.9. The van der Waals surface area contributed by atoms with Crippen LogP contribution in [-0.4, -0.2) is 30.2 Å². The number of hydrogen-bond donors (Lipinski definition) is 0. The highest BCUT2D eigenvalue weighted by atomic mass is 16.5. The van der Waals surface area contributed by atoms with Crippen molar-refractivity contribution in [2.45, 2.75) is 13.8 Å². The van der Waals surface area contributed by atoms with E-state index in [1.54, 1.807) is 13.4 Å². The summed E-state index contributed by atoms with van der Waals surface area (Å²) in [5, 5.41) is 0. The summed E-state index contributed by atoms with van der Waals surface area (Å²) in [6.07, 6.45) is 1.62. The summed E-state index contributed by atoms with van der Waals surface area (Å²) in [6, 6.07) is 9.91. The minimum absolute atomic E-state index is 0.849. The van der Waals surface area contributed by atoms with E-state index in [4.69, 9.17) is 4.74 Å². The maximum absolute atomic E-state index is 5.16. The second-order valence-corrected chi connectivity index (χ2v) is 4.16. The fourth-order valence-electron chi connectivity index (χ4n) is 1.99. The number of benzene rings is 1. The lowest BCUT2D eigenvalue weighted by atomic mass is 10.1. The van der Waals surface area contributed by atoms with Crippen LogP contribution in [0.15, 0.2) is 36.7 Å². The summed E-state index contributed by atoms with van der Waals surface area (Å²) >= 11 is 0. The molecule has 100 valence electrons. The molecule has 0 bridgehead atoms. The predicted molar refractivity (Wildman–Crippen MR) is 77.6 cm³/mol. The first-order valence-corrected chi connectivity index (χ1v) is 6.49. The van der Waals surface area contributed by atoms with E-state index in [-0.39, 0.29) is 0 Å². The Hall–Kier alpha value is -2.10. The smallest absolute Gasteiger partial charge is 0.132 e. The van der Waals surface area contributed by atoms with Gasteiger partial charge in [-0.2, -0.15) is 0 Å². The molecule has 2 aromatic rings. The van der Waals surface area contributed by atoms with Gasteiger partial charge in [0.1, 0.15) is 17.9 Å². The van der Waals surface area contributed by atoms with Gasteiger partial charge < -0.3 is 9.64 Å². The van der Waals surface area contributed by atoms with Crippen LogP contribution in [0.3, 0.4) is 0 Å². The molecule has 0 N–H and O–H groups in total. The van der Waals surface area contributed by atoms with E-state index in [2.05, 4.69) is 28.7 Å². The van der Waals surface area contributed by atoms with Gasteiger partial charge in [0.2, 0.25) is 0 Å². The predicted octanol–water partition coefficient (Wildman–Crippen LogP) is 3.00. The number of rotatable bonds is 5. The van der Waals surface area contributed by atoms with E-state index in [0.717, 1.165) is 35.9 Å². The van der Waals surface area contributed by atoms with Crippen LogP contribution in [0.1, 0.15) is 13.8 Å². The third-order valence-corrected chi connectivity index (χ3v) is 3.13. The molecule has 0 unspecified atom stereocenters. The molecule has 1 aromatic heterocycles.